The summed E-state index contributed by atoms with van der Waals surface area (Å²) in [5, 5.41) is 9.90. The van der Waals surface area contributed by atoms with E-state index in [-0.39, 0.29) is 6.04 Å². The van der Waals surface area contributed by atoms with Gasteiger partial charge in [0.1, 0.15) is 0 Å². The average molecular weight is 226 g/mol. The summed E-state index contributed by atoms with van der Waals surface area (Å²) in [5.41, 5.74) is 12.0. The summed E-state index contributed by atoms with van der Waals surface area (Å²) in [6.45, 7) is 0.501. The van der Waals surface area contributed by atoms with Crippen LogP contribution >= 0.6 is 11.8 Å². The van der Waals surface area contributed by atoms with E-state index in [1.54, 1.807) is 11.8 Å². The van der Waals surface area contributed by atoms with Crippen molar-refractivity contribution in [1.29, 1.82) is 0 Å². The second-order valence-corrected chi connectivity index (χ2v) is 4.34. The van der Waals surface area contributed by atoms with Crippen LogP contribution in [0, 0.1) is 0 Å². The van der Waals surface area contributed by atoms with Crippen molar-refractivity contribution in [3.05, 3.63) is 29.8 Å². The highest BCUT2D eigenvalue weighted by atomic mass is 32.2. The van der Waals surface area contributed by atoms with Gasteiger partial charge in [-0.05, 0) is 36.9 Å². The highest BCUT2D eigenvalue weighted by molar-refractivity contribution is 7.98. The van der Waals surface area contributed by atoms with E-state index < -0.39 is 6.10 Å². The third-order valence-corrected chi connectivity index (χ3v) is 3.11. The Morgan fingerprint density at radius 2 is 1.93 bits per heavy atom. The van der Waals surface area contributed by atoms with Gasteiger partial charge in [0.15, 0.2) is 0 Å². The zero-order chi connectivity index (χ0) is 11.3. The summed E-state index contributed by atoms with van der Waals surface area (Å²) in [7, 11) is 0. The largest absolute Gasteiger partial charge is 0.387 e. The van der Waals surface area contributed by atoms with Crippen LogP contribution in [-0.2, 0) is 0 Å². The smallest absolute Gasteiger partial charge is 0.0941 e. The van der Waals surface area contributed by atoms with Crippen molar-refractivity contribution in [2.24, 2.45) is 11.5 Å². The summed E-state index contributed by atoms with van der Waals surface area (Å²) in [6, 6.07) is 7.51. The molecule has 0 amide bonds. The van der Waals surface area contributed by atoms with Crippen molar-refractivity contribution in [2.45, 2.75) is 23.5 Å². The minimum Gasteiger partial charge on any atom is -0.387 e. The maximum Gasteiger partial charge on any atom is 0.0941 e. The normalized spacial score (nSPS) is 14.9. The molecule has 0 saturated heterocycles. The van der Waals surface area contributed by atoms with Crippen LogP contribution in [0.3, 0.4) is 0 Å². The third kappa shape index (κ3) is 3.50. The molecule has 0 aliphatic carbocycles. The molecule has 0 aromatic heterocycles. The van der Waals surface area contributed by atoms with Crippen LogP contribution in [0.1, 0.15) is 18.1 Å². The maximum absolute atomic E-state index is 9.90. The van der Waals surface area contributed by atoms with Crippen LogP contribution in [0.25, 0.3) is 0 Å². The van der Waals surface area contributed by atoms with Crippen molar-refractivity contribution in [2.75, 3.05) is 12.8 Å². The number of rotatable bonds is 5. The van der Waals surface area contributed by atoms with Crippen LogP contribution < -0.4 is 11.5 Å². The van der Waals surface area contributed by atoms with Crippen LogP contribution in [0.15, 0.2) is 29.2 Å². The molecule has 84 valence electrons. The lowest BCUT2D eigenvalue weighted by atomic mass is 10.0. The van der Waals surface area contributed by atoms with Gasteiger partial charge in [-0.25, -0.2) is 0 Å². The minimum atomic E-state index is -0.621. The molecule has 4 heteroatoms. The van der Waals surface area contributed by atoms with Crippen molar-refractivity contribution < 1.29 is 5.11 Å². The van der Waals surface area contributed by atoms with Gasteiger partial charge in [-0.2, -0.15) is 0 Å². The molecule has 3 nitrogen and oxygen atoms in total. The fourth-order valence-electron chi connectivity index (χ4n) is 1.40. The fourth-order valence-corrected chi connectivity index (χ4v) is 1.81. The van der Waals surface area contributed by atoms with Gasteiger partial charge in [0.05, 0.1) is 6.10 Å². The number of nitrogens with two attached hydrogens (primary N) is 2. The monoisotopic (exact) mass is 226 g/mol. The van der Waals surface area contributed by atoms with Crippen molar-refractivity contribution in [1.82, 2.24) is 0 Å². The lowest BCUT2D eigenvalue weighted by molar-refractivity contribution is 0.143. The first-order valence-corrected chi connectivity index (χ1v) is 6.19. The Morgan fingerprint density at radius 1 is 1.33 bits per heavy atom. The highest BCUT2D eigenvalue weighted by Gasteiger charge is 2.15. The second-order valence-electron chi connectivity index (χ2n) is 3.46. The Hall–Kier alpha value is -0.550. The lowest BCUT2D eigenvalue weighted by Crippen LogP contribution is -2.30. The first kappa shape index (κ1) is 12.5. The molecule has 0 aliphatic heterocycles. The van der Waals surface area contributed by atoms with Gasteiger partial charge in [-0.15, -0.1) is 11.8 Å². The maximum atomic E-state index is 9.90. The van der Waals surface area contributed by atoms with Crippen molar-refractivity contribution in [3.63, 3.8) is 0 Å². The summed E-state index contributed by atoms with van der Waals surface area (Å²) < 4.78 is 0. The van der Waals surface area contributed by atoms with Crippen LogP contribution in [0.5, 0.6) is 0 Å². The Bertz CT molecular complexity index is 289. The molecule has 2 unspecified atom stereocenters. The zero-order valence-corrected chi connectivity index (χ0v) is 9.70. The molecular formula is C11H18N2OS. The summed E-state index contributed by atoms with van der Waals surface area (Å²) in [6.07, 6.45) is 2.03. The second kappa shape index (κ2) is 6.12. The molecular weight excluding hydrogens is 208 g/mol. The molecule has 1 aromatic rings. The Kier molecular flexibility index (Phi) is 5.11. The van der Waals surface area contributed by atoms with Gasteiger partial charge in [-0.3, -0.25) is 0 Å². The van der Waals surface area contributed by atoms with Gasteiger partial charge in [-0.1, -0.05) is 12.1 Å². The molecule has 0 bridgehead atoms. The molecule has 5 N–H and O–H groups in total. The SMILES string of the molecule is CSc1ccc(C(O)C(N)CCN)cc1. The van der Waals surface area contributed by atoms with Crippen molar-refractivity contribution >= 4 is 11.8 Å². The molecule has 1 aromatic carbocycles. The number of aliphatic hydroxyl groups is 1. The number of thioether (sulfide) groups is 1. The van der Waals surface area contributed by atoms with E-state index in [1.165, 1.54) is 4.90 Å². The molecule has 0 spiro atoms. The molecule has 0 aliphatic rings. The van der Waals surface area contributed by atoms with Gasteiger partial charge in [0.2, 0.25) is 0 Å². The van der Waals surface area contributed by atoms with Gasteiger partial charge in [0.25, 0.3) is 0 Å². The molecule has 0 heterocycles. The van der Waals surface area contributed by atoms with E-state index in [9.17, 15) is 5.11 Å². The average Bonchev–Trinajstić information content (AvgIpc) is 2.28. The van der Waals surface area contributed by atoms with Gasteiger partial charge >= 0.3 is 0 Å². The number of benzene rings is 1. The minimum absolute atomic E-state index is 0.282. The molecule has 1 rings (SSSR count). The molecule has 0 fully saturated rings. The molecule has 15 heavy (non-hydrogen) atoms. The van der Waals surface area contributed by atoms with E-state index in [4.69, 9.17) is 11.5 Å². The first-order chi connectivity index (χ1) is 7.19. The van der Waals surface area contributed by atoms with Crippen LogP contribution in [0.4, 0.5) is 0 Å². The van der Waals surface area contributed by atoms with E-state index >= 15 is 0 Å². The number of hydrogen-bond donors (Lipinski definition) is 3. The fraction of sp³-hybridized carbons (Fsp3) is 0.455. The Morgan fingerprint density at radius 3 is 2.40 bits per heavy atom. The molecule has 0 radical (unpaired) electrons. The summed E-state index contributed by atoms with van der Waals surface area (Å²) in [5.74, 6) is 0. The molecule has 2 atom stereocenters. The third-order valence-electron chi connectivity index (χ3n) is 2.36. The van der Waals surface area contributed by atoms with E-state index in [0.717, 1.165) is 5.56 Å². The van der Waals surface area contributed by atoms with Crippen LogP contribution in [0.2, 0.25) is 0 Å². The zero-order valence-electron chi connectivity index (χ0n) is 8.89. The predicted octanol–water partition coefficient (Wildman–Crippen LogP) is 1.12. The van der Waals surface area contributed by atoms with Crippen LogP contribution in [-0.4, -0.2) is 23.9 Å². The highest BCUT2D eigenvalue weighted by Crippen LogP contribution is 2.21. The first-order valence-electron chi connectivity index (χ1n) is 4.96. The van der Waals surface area contributed by atoms with Crippen molar-refractivity contribution in [3.8, 4) is 0 Å². The molecule has 0 saturated carbocycles. The van der Waals surface area contributed by atoms with E-state index in [1.807, 2.05) is 30.5 Å². The summed E-state index contributed by atoms with van der Waals surface area (Å²) >= 11 is 1.67. The Labute approximate surface area is 94.9 Å². The Balaban J connectivity index is 2.69. The standard InChI is InChI=1S/C11H18N2OS/c1-15-9-4-2-8(3-5-9)11(14)10(13)6-7-12/h2-5,10-11,14H,6-7,12-13H2,1H3. The van der Waals surface area contributed by atoms with E-state index in [0.29, 0.717) is 13.0 Å². The quantitative estimate of drug-likeness (QED) is 0.658. The van der Waals surface area contributed by atoms with Gasteiger partial charge in [0, 0.05) is 10.9 Å². The van der Waals surface area contributed by atoms with Gasteiger partial charge < -0.3 is 16.6 Å². The predicted molar refractivity (Wildman–Crippen MR) is 64.8 cm³/mol. The number of hydrogen-bond acceptors (Lipinski definition) is 4. The topological polar surface area (TPSA) is 72.3 Å². The number of aliphatic hydroxyl groups excluding tert-OH is 1. The lowest BCUT2D eigenvalue weighted by Gasteiger charge is -2.18. The summed E-state index contributed by atoms with van der Waals surface area (Å²) in [4.78, 5) is 1.18. The van der Waals surface area contributed by atoms with E-state index in [2.05, 4.69) is 0 Å².